The van der Waals surface area contributed by atoms with Crippen molar-refractivity contribution in [3.8, 4) is 79.4 Å². The zero-order valence-corrected chi connectivity index (χ0v) is 50.1. The van der Waals surface area contributed by atoms with Crippen LogP contribution < -0.4 is 0 Å². The SMILES string of the molecule is CC(C)[Si](C#Cc1ccc(-c2cn(-c3ccc(-n4cc(-c5cc(-c6cn(-c7cc(C(C)(C)C)cc(C(C)(C)C)c7)nn6)cc(-c6cn(-c7cc(C(C)(C)C)cc(C(C)(C)C)c7)nn6)c5)nn4)cc3)nn2)nc1)(C(C)C)C(C)C. The van der Waals surface area contributed by atoms with Crippen molar-refractivity contribution in [1.29, 1.82) is 0 Å². The number of nitrogens with zero attached hydrogens (tertiary/aromatic N) is 13. The highest BCUT2D eigenvalue weighted by molar-refractivity contribution is 6.90. The summed E-state index contributed by atoms with van der Waals surface area (Å²) in [5, 5.41) is 37.3. The molecule has 0 radical (unpaired) electrons. The van der Waals surface area contributed by atoms with Gasteiger partial charge in [-0.3, -0.25) is 4.98 Å². The summed E-state index contributed by atoms with van der Waals surface area (Å²) in [7, 11) is -1.86. The molecule has 9 aromatic rings. The van der Waals surface area contributed by atoms with Crippen LogP contribution in [0.5, 0.6) is 0 Å². The van der Waals surface area contributed by atoms with Gasteiger partial charge in [-0.1, -0.05) is 164 Å². The first-order valence-electron chi connectivity index (χ1n) is 27.4. The molecule has 0 spiro atoms. The summed E-state index contributed by atoms with van der Waals surface area (Å²) in [4.78, 5) is 4.75. The molecule has 402 valence electrons. The second-order valence-electron chi connectivity index (χ2n) is 26.1. The first-order valence-corrected chi connectivity index (χ1v) is 29.6. The molecule has 0 N–H and O–H groups in total. The zero-order chi connectivity index (χ0) is 56.3. The van der Waals surface area contributed by atoms with Crippen molar-refractivity contribution in [2.24, 2.45) is 0 Å². The van der Waals surface area contributed by atoms with Gasteiger partial charge in [0.1, 0.15) is 30.8 Å². The minimum atomic E-state index is -1.86. The van der Waals surface area contributed by atoms with Gasteiger partial charge in [-0.15, -0.1) is 25.9 Å². The van der Waals surface area contributed by atoms with Crippen LogP contribution in [0.3, 0.4) is 0 Å². The van der Waals surface area contributed by atoms with E-state index in [1.165, 1.54) is 22.3 Å². The molecule has 0 saturated heterocycles. The highest BCUT2D eigenvalue weighted by Crippen LogP contribution is 2.41. The molecular formula is C64H77N13Si. The van der Waals surface area contributed by atoms with Crippen molar-refractivity contribution in [3.63, 3.8) is 0 Å². The molecule has 0 amide bonds. The van der Waals surface area contributed by atoms with Gasteiger partial charge < -0.3 is 0 Å². The standard InChI is InChI=1S/C64H77N13Si/c1-41(2)78(42(3)4,43(5)6)26-25-44-19-24-56(65-36-44)60-40-75(73-69-60)53-22-20-52(21-23-53)74-37-57(66-70-74)45-27-46(58-38-76(71-67-58)54-32-48(61(7,8)9)30-49(33-54)62(10,11)12)29-47(28-45)59-39-77(72-68-59)55-34-50(63(13,14)15)31-51(35-55)64(16,17)18/h19-24,27-43H,1-18H3. The lowest BCUT2D eigenvalue weighted by Crippen LogP contribution is -2.43. The van der Waals surface area contributed by atoms with Gasteiger partial charge in [0.25, 0.3) is 0 Å². The van der Waals surface area contributed by atoms with Gasteiger partial charge in [-0.05, 0) is 139 Å². The zero-order valence-electron chi connectivity index (χ0n) is 49.1. The van der Waals surface area contributed by atoms with Gasteiger partial charge in [0, 0.05) is 28.5 Å². The third-order valence-corrected chi connectivity index (χ3v) is 21.6. The van der Waals surface area contributed by atoms with Crippen LogP contribution in [0.15, 0.2) is 122 Å². The normalized spacial score (nSPS) is 12.7. The Morgan fingerprint density at radius 3 is 1.00 bits per heavy atom. The first-order chi connectivity index (χ1) is 36.6. The predicted molar refractivity (Wildman–Crippen MR) is 318 cm³/mol. The summed E-state index contributed by atoms with van der Waals surface area (Å²) in [5.74, 6) is 3.50. The van der Waals surface area contributed by atoms with E-state index in [2.05, 4.69) is 206 Å². The molecule has 0 aliphatic heterocycles. The van der Waals surface area contributed by atoms with Crippen molar-refractivity contribution < 1.29 is 0 Å². The van der Waals surface area contributed by atoms with Crippen molar-refractivity contribution in [2.45, 2.75) is 163 Å². The van der Waals surface area contributed by atoms with E-state index >= 15 is 0 Å². The van der Waals surface area contributed by atoms with Crippen LogP contribution in [0.25, 0.3) is 67.9 Å². The molecule has 78 heavy (non-hydrogen) atoms. The highest BCUT2D eigenvalue weighted by atomic mass is 28.3. The molecule has 0 aliphatic carbocycles. The van der Waals surface area contributed by atoms with Crippen LogP contribution in [0.1, 0.15) is 152 Å². The maximum Gasteiger partial charge on any atom is 0.146 e. The molecule has 9 rings (SSSR count). The molecule has 14 heteroatoms. The maximum absolute atomic E-state index is 4.78. The third kappa shape index (κ3) is 11.5. The minimum Gasteiger partial charge on any atom is -0.253 e. The number of hydrogen-bond acceptors (Lipinski definition) is 9. The van der Waals surface area contributed by atoms with E-state index in [9.17, 15) is 0 Å². The molecule has 13 nitrogen and oxygen atoms in total. The van der Waals surface area contributed by atoms with Crippen molar-refractivity contribution >= 4 is 8.07 Å². The van der Waals surface area contributed by atoms with E-state index < -0.39 is 8.07 Å². The molecule has 0 aliphatic rings. The number of hydrogen-bond donors (Lipinski definition) is 0. The van der Waals surface area contributed by atoms with E-state index in [-0.39, 0.29) is 21.7 Å². The van der Waals surface area contributed by atoms with E-state index in [0.717, 1.165) is 50.7 Å². The number of rotatable bonds is 11. The largest absolute Gasteiger partial charge is 0.253 e. The van der Waals surface area contributed by atoms with E-state index in [0.29, 0.717) is 39.4 Å². The Morgan fingerprint density at radius 2 is 0.692 bits per heavy atom. The van der Waals surface area contributed by atoms with Gasteiger partial charge in [0.2, 0.25) is 0 Å². The molecule has 5 aromatic heterocycles. The average Bonchev–Trinajstić information content (AvgIpc) is 4.27. The van der Waals surface area contributed by atoms with Gasteiger partial charge in [-0.2, -0.15) is 0 Å². The Kier molecular flexibility index (Phi) is 14.6. The van der Waals surface area contributed by atoms with Gasteiger partial charge >= 0.3 is 0 Å². The Labute approximate surface area is 463 Å². The van der Waals surface area contributed by atoms with Crippen LogP contribution in [0, 0.1) is 11.5 Å². The van der Waals surface area contributed by atoms with Gasteiger partial charge in [0.15, 0.2) is 0 Å². The lowest BCUT2D eigenvalue weighted by atomic mass is 9.80. The predicted octanol–water partition coefficient (Wildman–Crippen LogP) is 14.8. The van der Waals surface area contributed by atoms with Crippen molar-refractivity contribution in [3.05, 3.63) is 150 Å². The van der Waals surface area contributed by atoms with E-state index in [4.69, 9.17) is 30.7 Å². The third-order valence-electron chi connectivity index (χ3n) is 15.3. The number of aromatic nitrogens is 13. The summed E-state index contributed by atoms with van der Waals surface area (Å²) < 4.78 is 7.28. The summed E-state index contributed by atoms with van der Waals surface area (Å²) >= 11 is 0. The van der Waals surface area contributed by atoms with E-state index in [1.54, 1.807) is 9.36 Å². The van der Waals surface area contributed by atoms with Crippen LogP contribution in [0.2, 0.25) is 16.6 Å². The Morgan fingerprint density at radius 1 is 0.372 bits per heavy atom. The van der Waals surface area contributed by atoms with E-state index in [1.807, 2.05) is 76.7 Å². The maximum atomic E-state index is 4.78. The average molecular weight is 1060 g/mol. The summed E-state index contributed by atoms with van der Waals surface area (Å²) in [6.45, 7) is 40.9. The summed E-state index contributed by atoms with van der Waals surface area (Å²) in [6, 6.07) is 31.7. The second-order valence-corrected chi connectivity index (χ2v) is 31.7. The Bertz CT molecular complexity index is 3440. The molecule has 0 fully saturated rings. The quantitative estimate of drug-likeness (QED) is 0.0916. The Balaban J connectivity index is 1.03. The number of pyridine rings is 1. The molecule has 4 aromatic carbocycles. The molecule has 0 unspecified atom stereocenters. The lowest BCUT2D eigenvalue weighted by molar-refractivity contribution is 0.566. The summed E-state index contributed by atoms with van der Waals surface area (Å²) in [6.07, 6.45) is 9.68. The molecule has 0 saturated carbocycles. The van der Waals surface area contributed by atoms with Gasteiger partial charge in [0.05, 0.1) is 53.2 Å². The molecular weight excluding hydrogens is 979 g/mol. The molecule has 0 bridgehead atoms. The fraction of sp³-hybridized carbons (Fsp3) is 0.391. The monoisotopic (exact) mass is 1060 g/mol. The van der Waals surface area contributed by atoms with Gasteiger partial charge in [-0.25, -0.2) is 18.7 Å². The molecule has 5 heterocycles. The van der Waals surface area contributed by atoms with Crippen molar-refractivity contribution in [1.82, 2.24) is 65.0 Å². The Hall–Kier alpha value is -7.63. The second kappa shape index (κ2) is 20.6. The van der Waals surface area contributed by atoms with Crippen LogP contribution in [0.4, 0.5) is 0 Å². The fourth-order valence-electron chi connectivity index (χ4n) is 10.4. The molecule has 0 atom stereocenters. The minimum absolute atomic E-state index is 0.0600. The van der Waals surface area contributed by atoms with Crippen LogP contribution in [-0.2, 0) is 21.7 Å². The van der Waals surface area contributed by atoms with Crippen LogP contribution >= 0.6 is 0 Å². The van der Waals surface area contributed by atoms with Crippen molar-refractivity contribution in [2.75, 3.05) is 0 Å². The topological polar surface area (TPSA) is 136 Å². The highest BCUT2D eigenvalue weighted by Gasteiger charge is 2.41. The first kappa shape index (κ1) is 55.1. The fourth-order valence-corrected chi connectivity index (χ4v) is 15.6. The smallest absolute Gasteiger partial charge is 0.146 e. The number of benzene rings is 4. The summed E-state index contributed by atoms with van der Waals surface area (Å²) in [5.41, 5.74) is 20.7. The van der Waals surface area contributed by atoms with Crippen LogP contribution in [-0.4, -0.2) is 73.0 Å². The lowest BCUT2D eigenvalue weighted by Gasteiger charge is -2.38.